The van der Waals surface area contributed by atoms with Crippen LogP contribution in [0.4, 0.5) is 0 Å². The Balaban J connectivity index is 1.36. The van der Waals surface area contributed by atoms with Crippen molar-refractivity contribution in [3.8, 4) is 0 Å². The Morgan fingerprint density at radius 1 is 1.03 bits per heavy atom. The summed E-state index contributed by atoms with van der Waals surface area (Å²) < 4.78 is 7.54. The van der Waals surface area contributed by atoms with Gasteiger partial charge in [-0.1, -0.05) is 38.2 Å². The number of aromatic nitrogens is 2. The molecular weight excluding hydrogens is 364 g/mol. The van der Waals surface area contributed by atoms with Gasteiger partial charge in [-0.15, -0.1) is 0 Å². The third-order valence-electron chi connectivity index (χ3n) is 7.13. The number of carbonyl (C=O) groups is 1. The Bertz CT molecular complexity index is 852. The van der Waals surface area contributed by atoms with Crippen LogP contribution in [-0.2, 0) is 11.3 Å². The lowest BCUT2D eigenvalue weighted by atomic mass is 9.80. The van der Waals surface area contributed by atoms with Crippen LogP contribution < -0.4 is 0 Å². The summed E-state index contributed by atoms with van der Waals surface area (Å²) in [7, 11) is 0. The highest BCUT2D eigenvalue weighted by molar-refractivity contribution is 5.94. The van der Waals surface area contributed by atoms with E-state index in [0.29, 0.717) is 32.0 Å². The third kappa shape index (κ3) is 3.92. The van der Waals surface area contributed by atoms with Gasteiger partial charge in [0.2, 0.25) is 0 Å². The number of hydrogen-bond donors (Lipinski definition) is 0. The van der Waals surface area contributed by atoms with Crippen LogP contribution in [0.5, 0.6) is 0 Å². The lowest BCUT2D eigenvalue weighted by Gasteiger charge is -2.28. The number of rotatable bonds is 4. The van der Waals surface area contributed by atoms with Crippen LogP contribution in [0.3, 0.4) is 0 Å². The van der Waals surface area contributed by atoms with E-state index in [1.165, 1.54) is 38.5 Å². The first kappa shape index (κ1) is 19.1. The molecule has 5 rings (SSSR count). The van der Waals surface area contributed by atoms with Crippen LogP contribution in [0.15, 0.2) is 24.4 Å². The van der Waals surface area contributed by atoms with Gasteiger partial charge in [-0.2, -0.15) is 0 Å². The van der Waals surface area contributed by atoms with Gasteiger partial charge in [-0.3, -0.25) is 9.69 Å². The lowest BCUT2D eigenvalue weighted by molar-refractivity contribution is 0.0298. The standard InChI is InChI=1S/C23H32N4O2/c28-23(26-12-14-29-15-13-26)22-20(27-10-5-4-8-21(27)24-22)17-25-11-9-19(16-25)18-6-2-1-3-7-18/h4-5,8,10,18-19H,1-3,6-7,9,11-17H2/t19-/m1/s1. The van der Waals surface area contributed by atoms with E-state index >= 15 is 0 Å². The molecule has 1 amide bonds. The van der Waals surface area contributed by atoms with Crippen LogP contribution in [0.2, 0.25) is 0 Å². The Morgan fingerprint density at radius 2 is 1.86 bits per heavy atom. The summed E-state index contributed by atoms with van der Waals surface area (Å²) in [5.74, 6) is 1.79. The van der Waals surface area contributed by atoms with Crippen molar-refractivity contribution in [3.63, 3.8) is 0 Å². The van der Waals surface area contributed by atoms with Crippen molar-refractivity contribution in [1.29, 1.82) is 0 Å². The molecule has 1 saturated carbocycles. The fourth-order valence-electron chi connectivity index (χ4n) is 5.49. The van der Waals surface area contributed by atoms with Crippen molar-refractivity contribution < 1.29 is 9.53 Å². The molecule has 0 N–H and O–H groups in total. The van der Waals surface area contributed by atoms with Crippen molar-refractivity contribution in [2.24, 2.45) is 11.8 Å². The molecule has 0 radical (unpaired) electrons. The largest absolute Gasteiger partial charge is 0.378 e. The normalized spacial score (nSPS) is 24.4. The summed E-state index contributed by atoms with van der Waals surface area (Å²) in [6.07, 6.45) is 10.4. The minimum Gasteiger partial charge on any atom is -0.378 e. The van der Waals surface area contributed by atoms with Crippen molar-refractivity contribution in [2.45, 2.75) is 45.1 Å². The molecule has 6 heteroatoms. The number of imidazole rings is 1. The zero-order chi connectivity index (χ0) is 19.6. The van der Waals surface area contributed by atoms with E-state index in [1.807, 2.05) is 29.3 Å². The second kappa shape index (κ2) is 8.44. The molecule has 3 aliphatic rings. The molecule has 4 heterocycles. The summed E-state index contributed by atoms with van der Waals surface area (Å²) in [6.45, 7) is 5.63. The topological polar surface area (TPSA) is 50.1 Å². The molecular formula is C23H32N4O2. The summed E-state index contributed by atoms with van der Waals surface area (Å²) >= 11 is 0. The van der Waals surface area contributed by atoms with E-state index in [0.717, 1.165) is 42.8 Å². The Hall–Kier alpha value is -1.92. The minimum absolute atomic E-state index is 0.0510. The SMILES string of the molecule is O=C(c1nc2ccccn2c1CN1CC[C@@H](C2CCCCC2)C1)N1CCOCC1. The summed E-state index contributed by atoms with van der Waals surface area (Å²) in [5, 5.41) is 0. The van der Waals surface area contributed by atoms with Crippen molar-refractivity contribution >= 4 is 11.6 Å². The maximum atomic E-state index is 13.3. The van der Waals surface area contributed by atoms with Crippen LogP contribution in [0.25, 0.3) is 5.65 Å². The van der Waals surface area contributed by atoms with Crippen LogP contribution in [0, 0.1) is 11.8 Å². The fourth-order valence-corrected chi connectivity index (χ4v) is 5.49. The number of amides is 1. The number of likely N-dealkylation sites (tertiary alicyclic amines) is 1. The first-order valence-electron chi connectivity index (χ1n) is 11.3. The van der Waals surface area contributed by atoms with E-state index in [9.17, 15) is 4.79 Å². The molecule has 2 aromatic heterocycles. The molecule has 1 atom stereocenters. The van der Waals surface area contributed by atoms with Gasteiger partial charge in [0.15, 0.2) is 5.69 Å². The maximum Gasteiger partial charge on any atom is 0.274 e. The summed E-state index contributed by atoms with van der Waals surface area (Å²) in [6, 6.07) is 6.01. The average Bonchev–Trinajstić information content (AvgIpc) is 3.40. The molecule has 0 bridgehead atoms. The van der Waals surface area contributed by atoms with Gasteiger partial charge >= 0.3 is 0 Å². The highest BCUT2D eigenvalue weighted by Gasteiger charge is 2.32. The van der Waals surface area contributed by atoms with Crippen molar-refractivity contribution in [3.05, 3.63) is 35.8 Å². The van der Waals surface area contributed by atoms with Gasteiger partial charge in [-0.05, 0) is 36.9 Å². The molecule has 2 aliphatic heterocycles. The number of nitrogens with zero attached hydrogens (tertiary/aromatic N) is 4. The van der Waals surface area contributed by atoms with E-state index in [1.54, 1.807) is 0 Å². The number of ether oxygens (including phenoxy) is 1. The number of pyridine rings is 1. The number of carbonyl (C=O) groups excluding carboxylic acids is 1. The predicted molar refractivity (Wildman–Crippen MR) is 112 cm³/mol. The number of fused-ring (bicyclic) bond motifs is 1. The maximum absolute atomic E-state index is 13.3. The number of morpholine rings is 1. The van der Waals surface area contributed by atoms with Gasteiger partial charge in [0.1, 0.15) is 5.65 Å². The molecule has 156 valence electrons. The zero-order valence-electron chi connectivity index (χ0n) is 17.3. The Labute approximate surface area is 172 Å². The molecule has 0 aromatic carbocycles. The van der Waals surface area contributed by atoms with Gasteiger partial charge in [-0.25, -0.2) is 4.98 Å². The smallest absolute Gasteiger partial charge is 0.274 e. The van der Waals surface area contributed by atoms with E-state index in [4.69, 9.17) is 9.72 Å². The zero-order valence-corrected chi connectivity index (χ0v) is 17.3. The Kier molecular flexibility index (Phi) is 5.55. The second-order valence-corrected chi connectivity index (χ2v) is 8.92. The fraction of sp³-hybridized carbons (Fsp3) is 0.652. The van der Waals surface area contributed by atoms with Gasteiger partial charge in [0, 0.05) is 32.4 Å². The molecule has 29 heavy (non-hydrogen) atoms. The van der Waals surface area contributed by atoms with Gasteiger partial charge in [0.25, 0.3) is 5.91 Å². The lowest BCUT2D eigenvalue weighted by Crippen LogP contribution is -2.41. The third-order valence-corrected chi connectivity index (χ3v) is 7.13. The molecule has 0 spiro atoms. The highest BCUT2D eigenvalue weighted by Crippen LogP contribution is 2.35. The summed E-state index contributed by atoms with van der Waals surface area (Å²) in [5.41, 5.74) is 2.53. The molecule has 3 fully saturated rings. The molecule has 2 saturated heterocycles. The molecule has 0 unspecified atom stereocenters. The van der Waals surface area contributed by atoms with E-state index in [-0.39, 0.29) is 5.91 Å². The van der Waals surface area contributed by atoms with Crippen molar-refractivity contribution in [2.75, 3.05) is 39.4 Å². The predicted octanol–water partition coefficient (Wildman–Crippen LogP) is 3.21. The van der Waals surface area contributed by atoms with E-state index in [2.05, 4.69) is 9.30 Å². The monoisotopic (exact) mass is 396 g/mol. The second-order valence-electron chi connectivity index (χ2n) is 8.92. The first-order valence-corrected chi connectivity index (χ1v) is 11.3. The van der Waals surface area contributed by atoms with Crippen LogP contribution in [-0.4, -0.2) is 64.5 Å². The van der Waals surface area contributed by atoms with Gasteiger partial charge in [0.05, 0.1) is 18.9 Å². The summed E-state index contributed by atoms with van der Waals surface area (Å²) in [4.78, 5) is 22.4. The van der Waals surface area contributed by atoms with E-state index < -0.39 is 0 Å². The van der Waals surface area contributed by atoms with Gasteiger partial charge < -0.3 is 14.0 Å². The quantitative estimate of drug-likeness (QED) is 0.796. The van der Waals surface area contributed by atoms with Crippen molar-refractivity contribution in [1.82, 2.24) is 19.2 Å². The molecule has 2 aromatic rings. The average molecular weight is 397 g/mol. The van der Waals surface area contributed by atoms with Crippen LogP contribution >= 0.6 is 0 Å². The Morgan fingerprint density at radius 3 is 2.69 bits per heavy atom. The highest BCUT2D eigenvalue weighted by atomic mass is 16.5. The first-order chi connectivity index (χ1) is 14.3. The molecule has 6 nitrogen and oxygen atoms in total. The minimum atomic E-state index is 0.0510. The van der Waals surface area contributed by atoms with Crippen LogP contribution in [0.1, 0.15) is 54.7 Å². The number of hydrogen-bond acceptors (Lipinski definition) is 4. The molecule has 1 aliphatic carbocycles.